The van der Waals surface area contributed by atoms with Crippen LogP contribution in [0.3, 0.4) is 0 Å². The van der Waals surface area contributed by atoms with Crippen molar-refractivity contribution in [2.45, 2.75) is 13.0 Å². The number of pyridine rings is 1. The first-order chi connectivity index (χ1) is 9.49. The number of methoxy groups -OCH3 is 1. The van der Waals surface area contributed by atoms with Crippen LogP contribution >= 0.6 is 0 Å². The van der Waals surface area contributed by atoms with E-state index in [0.29, 0.717) is 0 Å². The van der Waals surface area contributed by atoms with E-state index in [2.05, 4.69) is 10.3 Å². The number of aliphatic carboxylic acids is 1. The topological polar surface area (TPSA) is 97.8 Å². The van der Waals surface area contributed by atoms with Crippen LogP contribution in [0.5, 0.6) is 5.88 Å². The van der Waals surface area contributed by atoms with Crippen LogP contribution in [0.25, 0.3) is 0 Å². The summed E-state index contributed by atoms with van der Waals surface area (Å²) in [5.41, 5.74) is -0.875. The molecule has 0 saturated carbocycles. The maximum Gasteiger partial charge on any atom is 0.313 e. The van der Waals surface area contributed by atoms with Crippen LogP contribution in [0, 0.1) is 5.41 Å². The van der Waals surface area contributed by atoms with E-state index in [-0.39, 0.29) is 24.7 Å². The van der Waals surface area contributed by atoms with E-state index in [4.69, 9.17) is 9.47 Å². The van der Waals surface area contributed by atoms with Gasteiger partial charge in [-0.05, 0) is 19.1 Å². The molecule has 2 unspecified atom stereocenters. The number of nitrogens with zero attached hydrogens (tertiary/aromatic N) is 1. The highest BCUT2D eigenvalue weighted by Crippen LogP contribution is 2.29. The maximum absolute atomic E-state index is 12.2. The first-order valence-electron chi connectivity index (χ1n) is 6.10. The van der Waals surface area contributed by atoms with Gasteiger partial charge in [-0.15, -0.1) is 0 Å². The molecule has 2 N–H and O–H groups in total. The highest BCUT2D eigenvalue weighted by Gasteiger charge is 2.47. The molecule has 1 aliphatic rings. The molecule has 0 bridgehead atoms. The second-order valence-corrected chi connectivity index (χ2v) is 4.82. The van der Waals surface area contributed by atoms with Crippen LogP contribution in [-0.4, -0.2) is 48.3 Å². The fourth-order valence-electron chi connectivity index (χ4n) is 2.05. The van der Waals surface area contributed by atoms with Crippen molar-refractivity contribution in [1.29, 1.82) is 0 Å². The molecule has 1 aromatic rings. The Balaban J connectivity index is 2.18. The summed E-state index contributed by atoms with van der Waals surface area (Å²) >= 11 is 0. The standard InChI is InChI=1S/C13H16N2O5/c1-13(12(17)18)7-20-6-9(13)15-10(16)8-4-3-5-14-11(8)19-2/h3-5,9H,6-7H2,1-2H3,(H,15,16)(H,17,18). The molecule has 2 heterocycles. The molecule has 108 valence electrons. The van der Waals surface area contributed by atoms with Gasteiger partial charge in [-0.3, -0.25) is 9.59 Å². The Morgan fingerprint density at radius 2 is 2.35 bits per heavy atom. The lowest BCUT2D eigenvalue weighted by atomic mass is 9.85. The lowest BCUT2D eigenvalue weighted by molar-refractivity contribution is -0.148. The Kier molecular flexibility index (Phi) is 3.89. The molecule has 2 rings (SSSR count). The minimum Gasteiger partial charge on any atom is -0.481 e. The lowest BCUT2D eigenvalue weighted by Crippen LogP contribution is -2.49. The summed E-state index contributed by atoms with van der Waals surface area (Å²) in [5.74, 6) is -1.24. The van der Waals surface area contributed by atoms with Crippen LogP contribution in [0.15, 0.2) is 18.3 Å². The summed E-state index contributed by atoms with van der Waals surface area (Å²) in [5, 5.41) is 11.9. The Labute approximate surface area is 115 Å². The summed E-state index contributed by atoms with van der Waals surface area (Å²) in [4.78, 5) is 27.5. The lowest BCUT2D eigenvalue weighted by Gasteiger charge is -2.25. The molecule has 0 aromatic carbocycles. The summed E-state index contributed by atoms with van der Waals surface area (Å²) in [6.45, 7) is 1.78. The number of nitrogens with one attached hydrogen (secondary N) is 1. The molecule has 1 saturated heterocycles. The third-order valence-electron chi connectivity index (χ3n) is 3.46. The minimum atomic E-state index is -1.13. The van der Waals surface area contributed by atoms with Gasteiger partial charge in [0.2, 0.25) is 5.88 Å². The van der Waals surface area contributed by atoms with Crippen molar-refractivity contribution in [3.63, 3.8) is 0 Å². The van der Waals surface area contributed by atoms with E-state index in [0.717, 1.165) is 0 Å². The Hall–Kier alpha value is -2.15. The average molecular weight is 280 g/mol. The Morgan fingerprint density at radius 1 is 1.60 bits per heavy atom. The van der Waals surface area contributed by atoms with Crippen LogP contribution in [0.2, 0.25) is 0 Å². The zero-order valence-electron chi connectivity index (χ0n) is 11.3. The first-order valence-corrected chi connectivity index (χ1v) is 6.10. The summed E-state index contributed by atoms with van der Waals surface area (Å²) in [6.07, 6.45) is 1.51. The van der Waals surface area contributed by atoms with Crippen molar-refractivity contribution in [3.8, 4) is 5.88 Å². The first kappa shape index (κ1) is 14.3. The molecule has 1 aromatic heterocycles. The molecule has 1 fully saturated rings. The summed E-state index contributed by atoms with van der Waals surface area (Å²) in [7, 11) is 1.42. The van der Waals surface area contributed by atoms with Gasteiger partial charge in [0.1, 0.15) is 11.0 Å². The number of carbonyl (C=O) groups excluding carboxylic acids is 1. The van der Waals surface area contributed by atoms with Crippen LogP contribution < -0.4 is 10.1 Å². The quantitative estimate of drug-likeness (QED) is 0.823. The van der Waals surface area contributed by atoms with Gasteiger partial charge < -0.3 is 19.9 Å². The van der Waals surface area contributed by atoms with Gasteiger partial charge in [0.15, 0.2) is 0 Å². The number of amides is 1. The van der Waals surface area contributed by atoms with Crippen molar-refractivity contribution >= 4 is 11.9 Å². The fourth-order valence-corrected chi connectivity index (χ4v) is 2.05. The molecule has 1 amide bonds. The van der Waals surface area contributed by atoms with E-state index in [1.54, 1.807) is 19.1 Å². The molecule has 2 atom stereocenters. The number of hydrogen-bond donors (Lipinski definition) is 2. The number of carboxylic acids is 1. The summed E-state index contributed by atoms with van der Waals surface area (Å²) < 4.78 is 10.2. The summed E-state index contributed by atoms with van der Waals surface area (Å²) in [6, 6.07) is 2.58. The molecule has 7 nitrogen and oxygen atoms in total. The van der Waals surface area contributed by atoms with Gasteiger partial charge in [-0.2, -0.15) is 0 Å². The predicted octanol–water partition coefficient (Wildman–Crippen LogP) is 0.310. The minimum absolute atomic E-state index is 0.0669. The average Bonchev–Trinajstić information content (AvgIpc) is 2.81. The molecule has 0 radical (unpaired) electrons. The third-order valence-corrected chi connectivity index (χ3v) is 3.46. The number of ether oxygens (including phenoxy) is 2. The number of aromatic nitrogens is 1. The van der Waals surface area contributed by atoms with Gasteiger partial charge in [0.05, 0.1) is 26.4 Å². The van der Waals surface area contributed by atoms with Crippen LogP contribution in [0.1, 0.15) is 17.3 Å². The normalized spacial score (nSPS) is 25.2. The van der Waals surface area contributed by atoms with E-state index >= 15 is 0 Å². The van der Waals surface area contributed by atoms with Crippen LogP contribution in [0.4, 0.5) is 0 Å². The van der Waals surface area contributed by atoms with Gasteiger partial charge in [0, 0.05) is 6.20 Å². The SMILES string of the molecule is COc1ncccc1C(=O)NC1COCC1(C)C(=O)O. The number of hydrogen-bond acceptors (Lipinski definition) is 5. The second-order valence-electron chi connectivity index (χ2n) is 4.82. The number of carbonyl (C=O) groups is 2. The third kappa shape index (κ3) is 2.44. The zero-order chi connectivity index (χ0) is 14.8. The van der Waals surface area contributed by atoms with Gasteiger partial charge in [-0.1, -0.05) is 0 Å². The van der Waals surface area contributed by atoms with Gasteiger partial charge in [0.25, 0.3) is 5.91 Å². The number of rotatable bonds is 4. The maximum atomic E-state index is 12.2. The van der Waals surface area contributed by atoms with Crippen molar-refractivity contribution < 1.29 is 24.2 Å². The molecule has 7 heteroatoms. The molecule has 0 aliphatic carbocycles. The van der Waals surface area contributed by atoms with E-state index in [9.17, 15) is 14.7 Å². The van der Waals surface area contributed by atoms with Gasteiger partial charge in [-0.25, -0.2) is 4.98 Å². The fraction of sp³-hybridized carbons (Fsp3) is 0.462. The van der Waals surface area contributed by atoms with Crippen LogP contribution in [-0.2, 0) is 9.53 Å². The number of carboxylic acid groups (broad SMARTS) is 1. The van der Waals surface area contributed by atoms with Crippen molar-refractivity contribution in [2.24, 2.45) is 5.41 Å². The highest BCUT2D eigenvalue weighted by molar-refractivity contribution is 5.97. The zero-order valence-corrected chi connectivity index (χ0v) is 11.3. The van der Waals surface area contributed by atoms with E-state index in [1.165, 1.54) is 13.3 Å². The van der Waals surface area contributed by atoms with E-state index in [1.807, 2.05) is 0 Å². The smallest absolute Gasteiger partial charge is 0.313 e. The monoisotopic (exact) mass is 280 g/mol. The Morgan fingerprint density at radius 3 is 3.00 bits per heavy atom. The highest BCUT2D eigenvalue weighted by atomic mass is 16.5. The van der Waals surface area contributed by atoms with Gasteiger partial charge >= 0.3 is 5.97 Å². The largest absolute Gasteiger partial charge is 0.481 e. The predicted molar refractivity (Wildman–Crippen MR) is 68.6 cm³/mol. The van der Waals surface area contributed by atoms with Crippen molar-refractivity contribution in [2.75, 3.05) is 20.3 Å². The molecular formula is C13H16N2O5. The molecular weight excluding hydrogens is 264 g/mol. The van der Waals surface area contributed by atoms with Crippen molar-refractivity contribution in [3.05, 3.63) is 23.9 Å². The van der Waals surface area contributed by atoms with Crippen molar-refractivity contribution in [1.82, 2.24) is 10.3 Å². The molecule has 0 spiro atoms. The molecule has 1 aliphatic heterocycles. The second kappa shape index (κ2) is 5.46. The molecule has 20 heavy (non-hydrogen) atoms. The van der Waals surface area contributed by atoms with E-state index < -0.39 is 23.3 Å². The Bertz CT molecular complexity index is 533.